The van der Waals surface area contributed by atoms with Crippen LogP contribution in [0.1, 0.15) is 51.7 Å². The summed E-state index contributed by atoms with van der Waals surface area (Å²) in [6.07, 6.45) is 4.64. The number of aromatic nitrogens is 4. The molecule has 0 fully saturated rings. The van der Waals surface area contributed by atoms with Crippen LogP contribution in [-0.2, 0) is 31.7 Å². The van der Waals surface area contributed by atoms with Crippen LogP contribution in [0.5, 0.6) is 0 Å². The second-order valence-electron chi connectivity index (χ2n) is 9.69. The van der Waals surface area contributed by atoms with Gasteiger partial charge in [0.1, 0.15) is 24.2 Å². The van der Waals surface area contributed by atoms with Crippen molar-refractivity contribution in [2.75, 3.05) is 12.1 Å². The Morgan fingerprint density at radius 1 is 1.21 bits per heavy atom. The Morgan fingerprint density at radius 2 is 1.97 bits per heavy atom. The fourth-order valence-corrected chi connectivity index (χ4v) is 6.96. The molecule has 3 aromatic rings. The first-order valence-corrected chi connectivity index (χ1v) is 14.3. The smallest absolute Gasteiger partial charge is 0.367 e. The van der Waals surface area contributed by atoms with E-state index in [-0.39, 0.29) is 12.2 Å². The predicted octanol–water partition coefficient (Wildman–Crippen LogP) is 3.90. The SMILES string of the molecule is CC(C)N([C@@H](C)C(=O)O)P(=O)(CO[C@@H](C)Cn1cnc2c(N)ncnc21)O/N=C1\CCCc2ccccc21. The van der Waals surface area contributed by atoms with Crippen molar-refractivity contribution < 1.29 is 23.8 Å². The summed E-state index contributed by atoms with van der Waals surface area (Å²) in [5.41, 5.74) is 9.71. The third-order valence-electron chi connectivity index (χ3n) is 6.51. The molecule has 0 spiro atoms. The van der Waals surface area contributed by atoms with Crippen LogP contribution in [-0.4, -0.2) is 65.5 Å². The number of aliphatic carboxylic acids is 1. The van der Waals surface area contributed by atoms with E-state index in [9.17, 15) is 14.5 Å². The molecule has 3 atom stereocenters. The quantitative estimate of drug-likeness (QED) is 0.268. The fraction of sp³-hybridized carbons (Fsp3) is 0.480. The average Bonchev–Trinajstić information content (AvgIpc) is 3.30. The second kappa shape index (κ2) is 11.6. The van der Waals surface area contributed by atoms with E-state index in [1.165, 1.54) is 17.9 Å². The van der Waals surface area contributed by atoms with Crippen molar-refractivity contribution in [2.45, 2.75) is 71.7 Å². The zero-order valence-corrected chi connectivity index (χ0v) is 22.9. The molecule has 13 heteroatoms. The van der Waals surface area contributed by atoms with Crippen molar-refractivity contribution in [1.29, 1.82) is 0 Å². The van der Waals surface area contributed by atoms with Crippen LogP contribution in [0, 0.1) is 0 Å². The number of nitrogen functional groups attached to an aromatic ring is 1. The molecule has 12 nitrogen and oxygen atoms in total. The number of carbonyl (C=O) groups is 1. The number of nitrogens with zero attached hydrogens (tertiary/aromatic N) is 6. The maximum atomic E-state index is 14.4. The number of imidazole rings is 1. The lowest BCUT2D eigenvalue weighted by atomic mass is 9.90. The van der Waals surface area contributed by atoms with Gasteiger partial charge in [-0.15, -0.1) is 0 Å². The molecule has 204 valence electrons. The summed E-state index contributed by atoms with van der Waals surface area (Å²) in [5, 5.41) is 14.1. The van der Waals surface area contributed by atoms with Gasteiger partial charge < -0.3 is 24.8 Å². The largest absolute Gasteiger partial charge is 0.480 e. The van der Waals surface area contributed by atoms with Gasteiger partial charge in [-0.25, -0.2) is 19.6 Å². The van der Waals surface area contributed by atoms with E-state index >= 15 is 0 Å². The highest BCUT2D eigenvalue weighted by Crippen LogP contribution is 2.54. The van der Waals surface area contributed by atoms with Gasteiger partial charge in [-0.3, -0.25) is 9.36 Å². The summed E-state index contributed by atoms with van der Waals surface area (Å²) < 4.78 is 29.3. The number of anilines is 1. The summed E-state index contributed by atoms with van der Waals surface area (Å²) in [4.78, 5) is 24.4. The molecule has 0 radical (unpaired) electrons. The predicted molar refractivity (Wildman–Crippen MR) is 144 cm³/mol. The minimum atomic E-state index is -3.90. The van der Waals surface area contributed by atoms with Crippen molar-refractivity contribution in [3.8, 4) is 0 Å². The van der Waals surface area contributed by atoms with Crippen molar-refractivity contribution in [3.05, 3.63) is 48.0 Å². The first kappa shape index (κ1) is 27.7. The molecule has 2 aromatic heterocycles. The van der Waals surface area contributed by atoms with E-state index in [0.29, 0.717) is 29.8 Å². The van der Waals surface area contributed by atoms with Crippen molar-refractivity contribution in [3.63, 3.8) is 0 Å². The van der Waals surface area contributed by atoms with E-state index in [2.05, 4.69) is 20.1 Å². The first-order valence-electron chi connectivity index (χ1n) is 12.6. The molecule has 0 saturated carbocycles. The Kier molecular flexibility index (Phi) is 8.44. The molecule has 0 amide bonds. The second-order valence-corrected chi connectivity index (χ2v) is 11.8. The van der Waals surface area contributed by atoms with Gasteiger partial charge in [-0.05, 0) is 52.5 Å². The van der Waals surface area contributed by atoms with Crippen LogP contribution >= 0.6 is 7.52 Å². The van der Waals surface area contributed by atoms with Crippen molar-refractivity contribution >= 4 is 36.2 Å². The van der Waals surface area contributed by atoms with E-state index in [1.54, 1.807) is 24.7 Å². The molecule has 2 heterocycles. The molecule has 4 rings (SSSR count). The molecule has 38 heavy (non-hydrogen) atoms. The highest BCUT2D eigenvalue weighted by Gasteiger charge is 2.42. The minimum absolute atomic E-state index is 0.277. The van der Waals surface area contributed by atoms with E-state index in [1.807, 2.05) is 31.2 Å². The van der Waals surface area contributed by atoms with Crippen LogP contribution in [0.2, 0.25) is 0 Å². The van der Waals surface area contributed by atoms with Crippen LogP contribution in [0.25, 0.3) is 11.2 Å². The van der Waals surface area contributed by atoms with Gasteiger partial charge in [0.15, 0.2) is 11.5 Å². The lowest BCUT2D eigenvalue weighted by Gasteiger charge is -2.35. The van der Waals surface area contributed by atoms with Crippen LogP contribution < -0.4 is 5.73 Å². The Balaban J connectivity index is 1.58. The highest BCUT2D eigenvalue weighted by molar-refractivity contribution is 7.56. The number of benzene rings is 1. The number of nitrogens with two attached hydrogens (primary N) is 1. The summed E-state index contributed by atoms with van der Waals surface area (Å²) >= 11 is 0. The summed E-state index contributed by atoms with van der Waals surface area (Å²) in [5.74, 6) is -0.841. The number of aryl methyl sites for hydroxylation is 1. The highest BCUT2D eigenvalue weighted by atomic mass is 31.2. The molecule has 1 aromatic carbocycles. The molecule has 0 bridgehead atoms. The average molecular weight is 544 g/mol. The van der Waals surface area contributed by atoms with Gasteiger partial charge in [0.25, 0.3) is 0 Å². The molecule has 0 saturated heterocycles. The number of fused-ring (bicyclic) bond motifs is 2. The number of rotatable bonds is 11. The van der Waals surface area contributed by atoms with Crippen molar-refractivity contribution in [1.82, 2.24) is 24.2 Å². The van der Waals surface area contributed by atoms with Gasteiger partial charge >= 0.3 is 13.5 Å². The van der Waals surface area contributed by atoms with E-state index in [0.717, 1.165) is 24.0 Å². The summed E-state index contributed by atoms with van der Waals surface area (Å²) in [6, 6.07) is 6.40. The van der Waals surface area contributed by atoms with Gasteiger partial charge in [-0.1, -0.05) is 29.4 Å². The van der Waals surface area contributed by atoms with Gasteiger partial charge in [0.2, 0.25) is 0 Å². The Hall–Kier alpha value is -3.34. The third kappa shape index (κ3) is 5.87. The molecular formula is C25H34N7O5P. The van der Waals surface area contributed by atoms with E-state index in [4.69, 9.17) is 15.1 Å². The molecular weight excluding hydrogens is 509 g/mol. The van der Waals surface area contributed by atoms with Crippen LogP contribution in [0.4, 0.5) is 5.82 Å². The van der Waals surface area contributed by atoms with Crippen molar-refractivity contribution in [2.24, 2.45) is 5.16 Å². The Morgan fingerprint density at radius 3 is 2.71 bits per heavy atom. The Labute approximate surface area is 221 Å². The molecule has 1 unspecified atom stereocenters. The number of carboxylic acid groups (broad SMARTS) is 1. The third-order valence-corrected chi connectivity index (χ3v) is 8.83. The van der Waals surface area contributed by atoms with Gasteiger partial charge in [0.05, 0.1) is 24.7 Å². The minimum Gasteiger partial charge on any atom is -0.480 e. The topological polar surface area (TPSA) is 158 Å². The zero-order chi connectivity index (χ0) is 27.4. The standard InChI is InChI=1S/C25H34N7O5P/c1-16(2)32(18(4)25(33)34)38(35,37-30-21-11-7-9-19-8-5-6-10-20(19)21)15-36-17(3)12-31-14-29-22-23(26)27-13-28-24(22)31/h5-6,8,10,13-14,16-18H,7,9,11-12,15H2,1-4H3,(H,33,34)(H2,26,27,28)/b30-21+/t17-,18-,38?/m0/s1. The maximum Gasteiger partial charge on any atom is 0.367 e. The Bertz CT molecular complexity index is 1380. The van der Waals surface area contributed by atoms with Crippen LogP contribution in [0.15, 0.2) is 42.1 Å². The maximum absolute atomic E-state index is 14.4. The molecule has 1 aliphatic carbocycles. The summed E-state index contributed by atoms with van der Waals surface area (Å²) in [7, 11) is -3.90. The van der Waals surface area contributed by atoms with Gasteiger partial charge in [-0.2, -0.15) is 0 Å². The lowest BCUT2D eigenvalue weighted by Crippen LogP contribution is -2.42. The molecule has 0 aliphatic heterocycles. The van der Waals surface area contributed by atoms with Gasteiger partial charge in [0, 0.05) is 11.6 Å². The lowest BCUT2D eigenvalue weighted by molar-refractivity contribution is -0.141. The number of hydrogen-bond acceptors (Lipinski definition) is 9. The fourth-order valence-electron chi connectivity index (χ4n) is 4.70. The summed E-state index contributed by atoms with van der Waals surface area (Å²) in [6.45, 7) is 7.16. The van der Waals surface area contributed by atoms with E-state index < -0.39 is 31.7 Å². The monoisotopic (exact) mass is 543 g/mol. The number of ether oxygens (including phenoxy) is 1. The molecule has 3 N–H and O–H groups in total. The number of oxime groups is 1. The molecule has 1 aliphatic rings. The zero-order valence-electron chi connectivity index (χ0n) is 22.0. The normalized spacial score (nSPS) is 17.9. The van der Waals surface area contributed by atoms with Crippen LogP contribution in [0.3, 0.4) is 0 Å². The number of hydrogen-bond donors (Lipinski definition) is 2. The number of carboxylic acids is 1. The first-order chi connectivity index (χ1) is 18.1.